The van der Waals surface area contributed by atoms with Crippen molar-refractivity contribution in [3.05, 3.63) is 34.6 Å². The maximum absolute atomic E-state index is 13.5. The summed E-state index contributed by atoms with van der Waals surface area (Å²) in [6.45, 7) is 4.53. The highest BCUT2D eigenvalue weighted by Crippen LogP contribution is 2.28. The SMILES string of the molecule is CC(=O)NC[C@H]1C(=O)N2C[C@@H](NC(C)=O)C[C@H]2CN1Cc1ccc(F)c(Cl)c1. The van der Waals surface area contributed by atoms with Crippen molar-refractivity contribution in [1.29, 1.82) is 0 Å². The molecule has 2 heterocycles. The molecule has 2 fully saturated rings. The van der Waals surface area contributed by atoms with Crippen LogP contribution < -0.4 is 10.6 Å². The highest BCUT2D eigenvalue weighted by molar-refractivity contribution is 6.30. The Morgan fingerprint density at radius 1 is 1.25 bits per heavy atom. The Morgan fingerprint density at radius 3 is 2.64 bits per heavy atom. The van der Waals surface area contributed by atoms with E-state index in [1.165, 1.54) is 19.9 Å². The molecule has 0 radical (unpaired) electrons. The van der Waals surface area contributed by atoms with E-state index in [1.807, 2.05) is 4.90 Å². The lowest BCUT2D eigenvalue weighted by Crippen LogP contribution is -2.62. The van der Waals surface area contributed by atoms with Gasteiger partial charge in [0.25, 0.3) is 0 Å². The Morgan fingerprint density at radius 2 is 2.00 bits per heavy atom. The molecule has 152 valence electrons. The van der Waals surface area contributed by atoms with Gasteiger partial charge in [0.1, 0.15) is 11.9 Å². The molecule has 0 spiro atoms. The summed E-state index contributed by atoms with van der Waals surface area (Å²) in [5.41, 5.74) is 0.789. The average Bonchev–Trinajstić information content (AvgIpc) is 2.99. The average molecular weight is 411 g/mol. The molecule has 28 heavy (non-hydrogen) atoms. The fourth-order valence-corrected chi connectivity index (χ4v) is 4.20. The minimum atomic E-state index is -0.528. The van der Waals surface area contributed by atoms with Crippen molar-refractivity contribution >= 4 is 29.3 Å². The summed E-state index contributed by atoms with van der Waals surface area (Å²) in [7, 11) is 0. The molecule has 1 aromatic rings. The van der Waals surface area contributed by atoms with Gasteiger partial charge in [-0.1, -0.05) is 17.7 Å². The third-order valence-corrected chi connectivity index (χ3v) is 5.48. The summed E-state index contributed by atoms with van der Waals surface area (Å²) in [6, 6.07) is 3.88. The van der Waals surface area contributed by atoms with E-state index in [4.69, 9.17) is 11.6 Å². The van der Waals surface area contributed by atoms with E-state index in [-0.39, 0.29) is 41.4 Å². The van der Waals surface area contributed by atoms with E-state index in [1.54, 1.807) is 17.0 Å². The number of carbonyl (C=O) groups is 3. The zero-order valence-electron chi connectivity index (χ0n) is 15.9. The van der Waals surface area contributed by atoms with Gasteiger partial charge in [-0.25, -0.2) is 4.39 Å². The van der Waals surface area contributed by atoms with E-state index in [0.717, 1.165) is 5.56 Å². The Labute approximate surface area is 168 Å². The normalized spacial score (nSPS) is 24.8. The fraction of sp³-hybridized carbons (Fsp3) is 0.526. The molecule has 3 rings (SSSR count). The van der Waals surface area contributed by atoms with Gasteiger partial charge in [0.2, 0.25) is 17.7 Å². The summed E-state index contributed by atoms with van der Waals surface area (Å²) in [4.78, 5) is 39.6. The van der Waals surface area contributed by atoms with Gasteiger partial charge >= 0.3 is 0 Å². The summed E-state index contributed by atoms with van der Waals surface area (Å²) in [5.74, 6) is -0.900. The van der Waals surface area contributed by atoms with Crippen LogP contribution in [0.15, 0.2) is 18.2 Å². The van der Waals surface area contributed by atoms with Crippen LogP contribution in [0.5, 0.6) is 0 Å². The quantitative estimate of drug-likeness (QED) is 0.755. The lowest BCUT2D eigenvalue weighted by molar-refractivity contribution is -0.144. The molecule has 2 saturated heterocycles. The minimum Gasteiger partial charge on any atom is -0.354 e. The van der Waals surface area contributed by atoms with Gasteiger partial charge in [0.15, 0.2) is 0 Å². The number of piperazine rings is 1. The molecule has 9 heteroatoms. The molecular formula is C19H24ClFN4O3. The first-order valence-corrected chi connectivity index (χ1v) is 9.62. The van der Waals surface area contributed by atoms with Crippen LogP contribution in [0.1, 0.15) is 25.8 Å². The van der Waals surface area contributed by atoms with E-state index < -0.39 is 11.9 Å². The number of hydrogen-bond donors (Lipinski definition) is 2. The molecule has 2 aliphatic heterocycles. The predicted molar refractivity (Wildman–Crippen MR) is 102 cm³/mol. The van der Waals surface area contributed by atoms with Crippen LogP contribution in [0.4, 0.5) is 4.39 Å². The molecule has 2 N–H and O–H groups in total. The molecule has 0 bridgehead atoms. The first-order chi connectivity index (χ1) is 13.2. The van der Waals surface area contributed by atoms with Gasteiger partial charge in [0.05, 0.1) is 5.02 Å². The van der Waals surface area contributed by atoms with Gasteiger partial charge in [-0.3, -0.25) is 19.3 Å². The Hall–Kier alpha value is -2.19. The molecule has 0 aliphatic carbocycles. The zero-order valence-corrected chi connectivity index (χ0v) is 16.6. The Balaban J connectivity index is 1.79. The van der Waals surface area contributed by atoms with Crippen LogP contribution in [0.2, 0.25) is 5.02 Å². The zero-order chi connectivity index (χ0) is 20.4. The number of fused-ring (bicyclic) bond motifs is 1. The molecule has 3 atom stereocenters. The number of halogens is 2. The van der Waals surface area contributed by atoms with Crippen molar-refractivity contribution in [2.24, 2.45) is 0 Å². The molecule has 1 aromatic carbocycles. The van der Waals surface area contributed by atoms with Gasteiger partial charge < -0.3 is 15.5 Å². The van der Waals surface area contributed by atoms with Gasteiger partial charge in [-0.2, -0.15) is 0 Å². The topological polar surface area (TPSA) is 81.8 Å². The second-order valence-corrected chi connectivity index (χ2v) is 7.82. The summed E-state index contributed by atoms with van der Waals surface area (Å²) in [5, 5.41) is 5.64. The van der Waals surface area contributed by atoms with Crippen LogP contribution in [-0.4, -0.2) is 65.3 Å². The first-order valence-electron chi connectivity index (χ1n) is 9.24. The minimum absolute atomic E-state index is 0.0196. The van der Waals surface area contributed by atoms with Gasteiger partial charge in [0, 0.05) is 52.1 Å². The van der Waals surface area contributed by atoms with Crippen LogP contribution in [0, 0.1) is 5.82 Å². The number of rotatable bonds is 5. The molecule has 0 saturated carbocycles. The second kappa shape index (κ2) is 8.45. The largest absolute Gasteiger partial charge is 0.354 e. The number of nitrogens with zero attached hydrogens (tertiary/aromatic N) is 2. The number of amides is 3. The fourth-order valence-electron chi connectivity index (χ4n) is 4.00. The van der Waals surface area contributed by atoms with Crippen LogP contribution in [0.25, 0.3) is 0 Å². The number of carbonyl (C=O) groups excluding carboxylic acids is 3. The number of benzene rings is 1. The lowest BCUT2D eigenvalue weighted by Gasteiger charge is -2.42. The lowest BCUT2D eigenvalue weighted by atomic mass is 10.0. The van der Waals surface area contributed by atoms with Crippen molar-refractivity contribution in [1.82, 2.24) is 20.4 Å². The predicted octanol–water partition coefficient (Wildman–Crippen LogP) is 0.905. The van der Waals surface area contributed by atoms with E-state index in [2.05, 4.69) is 10.6 Å². The third-order valence-electron chi connectivity index (χ3n) is 5.19. The van der Waals surface area contributed by atoms with Crippen molar-refractivity contribution in [3.8, 4) is 0 Å². The van der Waals surface area contributed by atoms with Crippen molar-refractivity contribution in [3.63, 3.8) is 0 Å². The summed E-state index contributed by atoms with van der Waals surface area (Å²) < 4.78 is 13.5. The molecule has 0 aromatic heterocycles. The number of hydrogen-bond acceptors (Lipinski definition) is 4. The smallest absolute Gasteiger partial charge is 0.242 e. The maximum atomic E-state index is 13.5. The van der Waals surface area contributed by atoms with Crippen molar-refractivity contribution in [2.75, 3.05) is 19.6 Å². The van der Waals surface area contributed by atoms with Gasteiger partial charge in [-0.05, 0) is 24.1 Å². The third kappa shape index (κ3) is 4.62. The van der Waals surface area contributed by atoms with Crippen LogP contribution in [0.3, 0.4) is 0 Å². The highest BCUT2D eigenvalue weighted by atomic mass is 35.5. The molecule has 7 nitrogen and oxygen atoms in total. The Bertz CT molecular complexity index is 790. The van der Waals surface area contributed by atoms with Gasteiger partial charge in [-0.15, -0.1) is 0 Å². The maximum Gasteiger partial charge on any atom is 0.242 e. The summed E-state index contributed by atoms with van der Waals surface area (Å²) >= 11 is 5.89. The van der Waals surface area contributed by atoms with E-state index >= 15 is 0 Å². The summed E-state index contributed by atoms with van der Waals surface area (Å²) in [6.07, 6.45) is 0.679. The number of nitrogens with one attached hydrogen (secondary N) is 2. The molecule has 3 amide bonds. The van der Waals surface area contributed by atoms with Crippen molar-refractivity contribution < 1.29 is 18.8 Å². The van der Waals surface area contributed by atoms with E-state index in [0.29, 0.717) is 26.1 Å². The van der Waals surface area contributed by atoms with Crippen molar-refractivity contribution in [2.45, 2.75) is 44.9 Å². The van der Waals surface area contributed by atoms with Crippen LogP contribution >= 0.6 is 11.6 Å². The molecular weight excluding hydrogens is 387 g/mol. The standard InChI is InChI=1S/C19H24ClFN4O3/c1-11(26)22-7-18-19(28)25-9-14(23-12(2)27)6-15(25)10-24(18)8-13-3-4-17(21)16(20)5-13/h3-5,14-15,18H,6-10H2,1-2H3,(H,22,26)(H,23,27)/t14-,15-,18-/m0/s1. The second-order valence-electron chi connectivity index (χ2n) is 7.41. The monoisotopic (exact) mass is 410 g/mol. The Kier molecular flexibility index (Phi) is 6.20. The molecule has 2 aliphatic rings. The first kappa shape index (κ1) is 20.5. The highest BCUT2D eigenvalue weighted by Gasteiger charge is 2.45. The van der Waals surface area contributed by atoms with E-state index in [9.17, 15) is 18.8 Å². The van der Waals surface area contributed by atoms with Crippen LogP contribution in [-0.2, 0) is 20.9 Å². The molecule has 0 unspecified atom stereocenters.